The Morgan fingerprint density at radius 1 is 0.655 bits per heavy atom. The average Bonchev–Trinajstić information content (AvgIpc) is 2.75. The number of aryl methyl sites for hydroxylation is 1. The van der Waals surface area contributed by atoms with Crippen LogP contribution in [-0.4, -0.2) is 11.9 Å². The first-order valence-corrected chi connectivity index (χ1v) is 9.58. The zero-order valence-electron chi connectivity index (χ0n) is 16.4. The Morgan fingerprint density at radius 2 is 1.24 bits per heavy atom. The first-order chi connectivity index (χ1) is 14.1. The maximum atomic E-state index is 12.3. The first-order valence-electron chi connectivity index (χ1n) is 9.58. The Hall–Kier alpha value is -3.60. The number of rotatable bonds is 7. The van der Waals surface area contributed by atoms with Gasteiger partial charge in [-0.2, -0.15) is 0 Å². The standard InChI is InChI=1S/C24H25N3O2/c1-18-7-5-12-22(13-18)23(28)25-16-20-10-6-11-21(14-20)17-27-24(29)26-15-19-8-3-2-4-9-19/h2-14H,15-17H2,1H3,(H,25,28)(H2,26,27,29). The molecule has 0 aliphatic rings. The molecule has 0 radical (unpaired) electrons. The largest absolute Gasteiger partial charge is 0.348 e. The van der Waals surface area contributed by atoms with Gasteiger partial charge in [-0.3, -0.25) is 4.79 Å². The van der Waals surface area contributed by atoms with E-state index in [9.17, 15) is 9.59 Å². The molecule has 0 aliphatic heterocycles. The normalized spacial score (nSPS) is 10.2. The molecular weight excluding hydrogens is 362 g/mol. The van der Waals surface area contributed by atoms with Crippen molar-refractivity contribution in [1.29, 1.82) is 0 Å². The zero-order chi connectivity index (χ0) is 20.5. The highest BCUT2D eigenvalue weighted by Gasteiger charge is 2.06. The number of benzene rings is 3. The van der Waals surface area contributed by atoms with Gasteiger partial charge >= 0.3 is 6.03 Å². The van der Waals surface area contributed by atoms with E-state index in [0.717, 1.165) is 22.3 Å². The molecule has 0 spiro atoms. The third-order valence-electron chi connectivity index (χ3n) is 4.47. The van der Waals surface area contributed by atoms with Gasteiger partial charge in [-0.1, -0.05) is 72.3 Å². The summed E-state index contributed by atoms with van der Waals surface area (Å²) in [6.07, 6.45) is 0. The van der Waals surface area contributed by atoms with Crippen LogP contribution in [0.15, 0.2) is 78.9 Å². The fourth-order valence-electron chi connectivity index (χ4n) is 2.94. The van der Waals surface area contributed by atoms with Crippen LogP contribution >= 0.6 is 0 Å². The summed E-state index contributed by atoms with van der Waals surface area (Å²) in [6.45, 7) is 3.29. The smallest absolute Gasteiger partial charge is 0.315 e. The van der Waals surface area contributed by atoms with Crippen LogP contribution in [0.3, 0.4) is 0 Å². The molecule has 5 heteroatoms. The van der Waals surface area contributed by atoms with Crippen LogP contribution in [0.1, 0.15) is 32.6 Å². The minimum atomic E-state index is -0.216. The van der Waals surface area contributed by atoms with Crippen molar-refractivity contribution in [2.45, 2.75) is 26.6 Å². The highest BCUT2D eigenvalue weighted by molar-refractivity contribution is 5.94. The van der Waals surface area contributed by atoms with E-state index < -0.39 is 0 Å². The molecule has 0 fully saturated rings. The van der Waals surface area contributed by atoms with Gasteiger partial charge in [0.1, 0.15) is 0 Å². The molecule has 0 saturated heterocycles. The van der Waals surface area contributed by atoms with Crippen LogP contribution in [0.4, 0.5) is 4.79 Å². The number of carbonyl (C=O) groups excluding carboxylic acids is 2. The van der Waals surface area contributed by atoms with Gasteiger partial charge in [0.05, 0.1) is 0 Å². The Bertz CT molecular complexity index is 971. The molecule has 3 rings (SSSR count). The van der Waals surface area contributed by atoms with Crippen LogP contribution < -0.4 is 16.0 Å². The third kappa shape index (κ3) is 6.50. The second-order valence-electron chi connectivity index (χ2n) is 6.89. The highest BCUT2D eigenvalue weighted by atomic mass is 16.2. The lowest BCUT2D eigenvalue weighted by Crippen LogP contribution is -2.34. The number of amides is 3. The van der Waals surface area contributed by atoms with Crippen LogP contribution in [0, 0.1) is 6.92 Å². The van der Waals surface area contributed by atoms with E-state index in [4.69, 9.17) is 0 Å². The summed E-state index contributed by atoms with van der Waals surface area (Å²) in [6, 6.07) is 24.9. The summed E-state index contributed by atoms with van der Waals surface area (Å²) in [4.78, 5) is 24.3. The molecule has 0 aliphatic carbocycles. The lowest BCUT2D eigenvalue weighted by Gasteiger charge is -2.10. The lowest BCUT2D eigenvalue weighted by molar-refractivity contribution is 0.0951. The molecule has 3 N–H and O–H groups in total. The van der Waals surface area contributed by atoms with Gasteiger partial charge in [-0.15, -0.1) is 0 Å². The molecule has 0 bridgehead atoms. The monoisotopic (exact) mass is 387 g/mol. The molecule has 3 aromatic carbocycles. The molecular formula is C24H25N3O2. The van der Waals surface area contributed by atoms with Crippen LogP contribution in [0.5, 0.6) is 0 Å². The van der Waals surface area contributed by atoms with E-state index in [-0.39, 0.29) is 11.9 Å². The van der Waals surface area contributed by atoms with E-state index in [0.29, 0.717) is 25.2 Å². The summed E-state index contributed by atoms with van der Waals surface area (Å²) in [5.74, 6) is -0.0995. The van der Waals surface area contributed by atoms with Crippen LogP contribution in [-0.2, 0) is 19.6 Å². The molecule has 0 heterocycles. The molecule has 0 saturated carbocycles. The third-order valence-corrected chi connectivity index (χ3v) is 4.47. The summed E-state index contributed by atoms with van der Waals surface area (Å²) in [7, 11) is 0. The van der Waals surface area contributed by atoms with E-state index in [1.165, 1.54) is 0 Å². The molecule has 148 valence electrons. The number of hydrogen-bond acceptors (Lipinski definition) is 2. The minimum absolute atomic E-state index is 0.0995. The molecule has 5 nitrogen and oxygen atoms in total. The van der Waals surface area contributed by atoms with Gasteiger partial charge in [0.15, 0.2) is 0 Å². The summed E-state index contributed by atoms with van der Waals surface area (Å²) < 4.78 is 0. The Labute approximate surface area is 171 Å². The van der Waals surface area contributed by atoms with Gasteiger partial charge < -0.3 is 16.0 Å². The lowest BCUT2D eigenvalue weighted by atomic mass is 10.1. The SMILES string of the molecule is Cc1cccc(C(=O)NCc2cccc(CNC(=O)NCc3ccccc3)c2)c1. The predicted molar refractivity (Wildman–Crippen MR) is 114 cm³/mol. The van der Waals surface area contributed by atoms with Crippen LogP contribution in [0.2, 0.25) is 0 Å². The van der Waals surface area contributed by atoms with Gasteiger partial charge in [0, 0.05) is 25.2 Å². The summed E-state index contributed by atoms with van der Waals surface area (Å²) in [5.41, 5.74) is 4.71. The number of carbonyl (C=O) groups is 2. The highest BCUT2D eigenvalue weighted by Crippen LogP contribution is 2.07. The quantitative estimate of drug-likeness (QED) is 0.575. The van der Waals surface area contributed by atoms with E-state index in [1.807, 2.05) is 79.7 Å². The summed E-state index contributed by atoms with van der Waals surface area (Å²) in [5, 5.41) is 8.63. The van der Waals surface area contributed by atoms with E-state index in [1.54, 1.807) is 6.07 Å². The van der Waals surface area contributed by atoms with Crippen molar-refractivity contribution in [3.63, 3.8) is 0 Å². The number of urea groups is 1. The predicted octanol–water partition coefficient (Wildman–Crippen LogP) is 3.92. The van der Waals surface area contributed by atoms with Crippen molar-refractivity contribution >= 4 is 11.9 Å². The maximum absolute atomic E-state index is 12.3. The number of hydrogen-bond donors (Lipinski definition) is 3. The van der Waals surface area contributed by atoms with Gasteiger partial charge in [-0.25, -0.2) is 4.79 Å². The second-order valence-corrected chi connectivity index (χ2v) is 6.89. The van der Waals surface area contributed by atoms with Crippen molar-refractivity contribution in [3.8, 4) is 0 Å². The molecule has 3 amide bonds. The summed E-state index contributed by atoms with van der Waals surface area (Å²) >= 11 is 0. The minimum Gasteiger partial charge on any atom is -0.348 e. The fraction of sp³-hybridized carbons (Fsp3) is 0.167. The van der Waals surface area contributed by atoms with E-state index in [2.05, 4.69) is 16.0 Å². The van der Waals surface area contributed by atoms with Crippen LogP contribution in [0.25, 0.3) is 0 Å². The number of nitrogens with one attached hydrogen (secondary N) is 3. The maximum Gasteiger partial charge on any atom is 0.315 e. The second kappa shape index (κ2) is 10.1. The van der Waals surface area contributed by atoms with Crippen molar-refractivity contribution in [1.82, 2.24) is 16.0 Å². The topological polar surface area (TPSA) is 70.2 Å². The Morgan fingerprint density at radius 3 is 1.93 bits per heavy atom. The molecule has 0 unspecified atom stereocenters. The van der Waals surface area contributed by atoms with Crippen molar-refractivity contribution in [3.05, 3.63) is 107 Å². The first kappa shape index (κ1) is 20.1. The van der Waals surface area contributed by atoms with Gasteiger partial charge in [-0.05, 0) is 35.7 Å². The van der Waals surface area contributed by atoms with Crippen molar-refractivity contribution < 1.29 is 9.59 Å². The van der Waals surface area contributed by atoms with Crippen molar-refractivity contribution in [2.24, 2.45) is 0 Å². The molecule has 0 atom stereocenters. The Kier molecular flexibility index (Phi) is 7.00. The molecule has 29 heavy (non-hydrogen) atoms. The zero-order valence-corrected chi connectivity index (χ0v) is 16.4. The fourth-order valence-corrected chi connectivity index (χ4v) is 2.94. The van der Waals surface area contributed by atoms with Gasteiger partial charge in [0.25, 0.3) is 5.91 Å². The van der Waals surface area contributed by atoms with Crippen molar-refractivity contribution in [2.75, 3.05) is 0 Å². The molecule has 3 aromatic rings. The average molecular weight is 387 g/mol. The molecule has 0 aromatic heterocycles. The van der Waals surface area contributed by atoms with Gasteiger partial charge in [0.2, 0.25) is 0 Å². The Balaban J connectivity index is 1.46. The van der Waals surface area contributed by atoms with E-state index >= 15 is 0 Å².